The predicted octanol–water partition coefficient (Wildman–Crippen LogP) is 4.30. The highest BCUT2D eigenvalue weighted by Crippen LogP contribution is 2.27. The summed E-state index contributed by atoms with van der Waals surface area (Å²) >= 11 is 0. The van der Waals surface area contributed by atoms with Gasteiger partial charge in [-0.1, -0.05) is 38.5 Å². The third-order valence-corrected chi connectivity index (χ3v) is 7.23. The third kappa shape index (κ3) is 6.94. The van der Waals surface area contributed by atoms with Gasteiger partial charge in [0.2, 0.25) is 0 Å². The number of carbonyl (C=O) groups excluding carboxylic acids is 1. The summed E-state index contributed by atoms with van der Waals surface area (Å²) in [5.41, 5.74) is 0. The first-order valence-electron chi connectivity index (χ1n) is 8.46. The molecule has 0 radical (unpaired) electrons. The van der Waals surface area contributed by atoms with Gasteiger partial charge in [0.1, 0.15) is 5.78 Å². The summed E-state index contributed by atoms with van der Waals surface area (Å²) in [6.45, 7) is 5.24. The molecule has 0 spiro atoms. The summed E-state index contributed by atoms with van der Waals surface area (Å²) in [6.07, 6.45) is 10.1. The molecule has 0 aromatic heterocycles. The quantitative estimate of drug-likeness (QED) is 0.627. The smallest absolute Gasteiger partial charge is 0.155 e. The molecule has 0 aromatic carbocycles. The molecule has 0 unspecified atom stereocenters. The van der Waals surface area contributed by atoms with E-state index in [0.29, 0.717) is 24.5 Å². The van der Waals surface area contributed by atoms with Crippen LogP contribution in [0.3, 0.4) is 0 Å². The molecule has 1 aliphatic rings. The van der Waals surface area contributed by atoms with E-state index in [4.69, 9.17) is 0 Å². The van der Waals surface area contributed by atoms with Crippen LogP contribution in [-0.4, -0.2) is 24.7 Å². The van der Waals surface area contributed by atoms with E-state index in [2.05, 4.69) is 0 Å². The van der Waals surface area contributed by atoms with Gasteiger partial charge in [0.25, 0.3) is 0 Å². The lowest BCUT2D eigenvalue weighted by atomic mass is 9.85. The zero-order chi connectivity index (χ0) is 15.9. The Balaban J connectivity index is 2.12. The van der Waals surface area contributed by atoms with Gasteiger partial charge in [-0.25, -0.2) is 8.42 Å². The van der Waals surface area contributed by atoms with E-state index in [1.165, 1.54) is 32.1 Å². The van der Waals surface area contributed by atoms with Gasteiger partial charge in [0.05, 0.1) is 10.5 Å². The van der Waals surface area contributed by atoms with Gasteiger partial charge in [-0.3, -0.25) is 4.79 Å². The zero-order valence-corrected chi connectivity index (χ0v) is 14.8. The van der Waals surface area contributed by atoms with Crippen molar-refractivity contribution in [1.82, 2.24) is 0 Å². The largest absolute Gasteiger partial charge is 0.300 e. The first-order chi connectivity index (χ1) is 9.72. The van der Waals surface area contributed by atoms with Crippen molar-refractivity contribution in [2.75, 3.05) is 5.75 Å². The Morgan fingerprint density at radius 2 is 1.62 bits per heavy atom. The highest BCUT2D eigenvalue weighted by Gasteiger charge is 2.27. The summed E-state index contributed by atoms with van der Waals surface area (Å²) in [6, 6.07) is 0. The molecular formula is C17H32O3S. The van der Waals surface area contributed by atoms with Crippen LogP contribution >= 0.6 is 0 Å². The number of ketones is 1. The summed E-state index contributed by atoms with van der Waals surface area (Å²) < 4.78 is 23.2. The number of carbonyl (C=O) groups is 1. The van der Waals surface area contributed by atoms with Gasteiger partial charge in [-0.15, -0.1) is 0 Å². The maximum atomic E-state index is 11.9. The molecule has 0 aromatic rings. The van der Waals surface area contributed by atoms with Crippen molar-refractivity contribution in [3.05, 3.63) is 0 Å². The van der Waals surface area contributed by atoms with Crippen LogP contribution in [0.1, 0.15) is 85.0 Å². The van der Waals surface area contributed by atoms with Crippen LogP contribution in [0.25, 0.3) is 0 Å². The van der Waals surface area contributed by atoms with Gasteiger partial charge in [0.15, 0.2) is 9.84 Å². The molecule has 0 amide bonds. The lowest BCUT2D eigenvalue weighted by Crippen LogP contribution is -2.30. The highest BCUT2D eigenvalue weighted by atomic mass is 32.2. The van der Waals surface area contributed by atoms with E-state index in [9.17, 15) is 13.2 Å². The van der Waals surface area contributed by atoms with Crippen LogP contribution in [0.2, 0.25) is 0 Å². The molecule has 0 N–H and O–H groups in total. The van der Waals surface area contributed by atoms with Crippen molar-refractivity contribution in [3.63, 3.8) is 0 Å². The predicted molar refractivity (Wildman–Crippen MR) is 88.2 cm³/mol. The Morgan fingerprint density at radius 3 is 2.19 bits per heavy atom. The summed E-state index contributed by atoms with van der Waals surface area (Å²) in [5.74, 6) is 1.24. The summed E-state index contributed by atoms with van der Waals surface area (Å²) in [7, 11) is -3.01. The van der Waals surface area contributed by atoms with Gasteiger partial charge in [-0.2, -0.15) is 0 Å². The van der Waals surface area contributed by atoms with Crippen molar-refractivity contribution in [2.45, 2.75) is 89.7 Å². The Kier molecular flexibility index (Phi) is 7.38. The number of unbranched alkanes of at least 4 members (excludes halogenated alkanes) is 2. The highest BCUT2D eigenvalue weighted by molar-refractivity contribution is 7.92. The molecule has 0 bridgehead atoms. The van der Waals surface area contributed by atoms with Crippen LogP contribution in [0, 0.1) is 5.92 Å². The second-order valence-corrected chi connectivity index (χ2v) is 10.4. The normalized spacial score (nSPS) is 17.9. The number of rotatable bonds is 8. The molecule has 0 aliphatic heterocycles. The second kappa shape index (κ2) is 8.30. The summed E-state index contributed by atoms with van der Waals surface area (Å²) in [5, 5.41) is 0. The first-order valence-corrected chi connectivity index (χ1v) is 10.1. The average Bonchev–Trinajstić information content (AvgIpc) is 2.38. The van der Waals surface area contributed by atoms with E-state index in [1.807, 2.05) is 0 Å². The lowest BCUT2D eigenvalue weighted by molar-refractivity contribution is -0.120. The van der Waals surface area contributed by atoms with Crippen LogP contribution in [0.4, 0.5) is 0 Å². The molecule has 3 nitrogen and oxygen atoms in total. The molecule has 124 valence electrons. The third-order valence-electron chi connectivity index (χ3n) is 4.54. The van der Waals surface area contributed by atoms with E-state index in [0.717, 1.165) is 19.3 Å². The molecule has 1 saturated carbocycles. The van der Waals surface area contributed by atoms with Gasteiger partial charge in [-0.05, 0) is 39.5 Å². The standard InChI is InChI=1S/C17H32O3S/c1-17(2,3)21(19,20)13-9-5-8-12-16(18)14-15-10-6-4-7-11-15/h15H,4-14H2,1-3H3. The second-order valence-electron chi connectivity index (χ2n) is 7.49. The number of hydrogen-bond acceptors (Lipinski definition) is 3. The number of hydrogen-bond donors (Lipinski definition) is 0. The fraction of sp³-hybridized carbons (Fsp3) is 0.941. The fourth-order valence-electron chi connectivity index (χ4n) is 2.91. The Morgan fingerprint density at radius 1 is 1.00 bits per heavy atom. The van der Waals surface area contributed by atoms with E-state index >= 15 is 0 Å². The molecule has 1 rings (SSSR count). The van der Waals surface area contributed by atoms with Crippen LogP contribution in [-0.2, 0) is 14.6 Å². The monoisotopic (exact) mass is 316 g/mol. The molecule has 0 atom stereocenters. The van der Waals surface area contributed by atoms with Crippen molar-refractivity contribution in [1.29, 1.82) is 0 Å². The zero-order valence-electron chi connectivity index (χ0n) is 14.0. The van der Waals surface area contributed by atoms with Crippen molar-refractivity contribution in [3.8, 4) is 0 Å². The van der Waals surface area contributed by atoms with E-state index < -0.39 is 14.6 Å². The molecular weight excluding hydrogens is 284 g/mol. The average molecular weight is 317 g/mol. The van der Waals surface area contributed by atoms with Gasteiger partial charge in [0, 0.05) is 12.8 Å². The maximum Gasteiger partial charge on any atom is 0.155 e. The minimum Gasteiger partial charge on any atom is -0.300 e. The maximum absolute atomic E-state index is 11.9. The first kappa shape index (κ1) is 18.7. The topological polar surface area (TPSA) is 51.2 Å². The Bertz CT molecular complexity index is 412. The summed E-state index contributed by atoms with van der Waals surface area (Å²) in [4.78, 5) is 11.9. The van der Waals surface area contributed by atoms with E-state index in [1.54, 1.807) is 20.8 Å². The van der Waals surface area contributed by atoms with Crippen molar-refractivity contribution >= 4 is 15.6 Å². The van der Waals surface area contributed by atoms with Gasteiger partial charge < -0.3 is 0 Å². The number of Topliss-reactive ketones (excluding diaryl/α,β-unsaturated/α-hetero) is 1. The molecule has 0 heterocycles. The minimum atomic E-state index is -3.01. The fourth-order valence-corrected chi connectivity index (χ4v) is 4.11. The number of sulfone groups is 1. The molecule has 1 aliphatic carbocycles. The lowest BCUT2D eigenvalue weighted by Gasteiger charge is -2.20. The molecule has 4 heteroatoms. The SMILES string of the molecule is CC(C)(C)S(=O)(=O)CCCCCC(=O)CC1CCCCC1. The molecule has 0 saturated heterocycles. The van der Waals surface area contributed by atoms with Crippen LogP contribution in [0.15, 0.2) is 0 Å². The van der Waals surface area contributed by atoms with Crippen LogP contribution in [0.5, 0.6) is 0 Å². The van der Waals surface area contributed by atoms with Crippen LogP contribution < -0.4 is 0 Å². The van der Waals surface area contributed by atoms with Gasteiger partial charge >= 0.3 is 0 Å². The molecule has 21 heavy (non-hydrogen) atoms. The minimum absolute atomic E-state index is 0.243. The van der Waals surface area contributed by atoms with Crippen molar-refractivity contribution < 1.29 is 13.2 Å². The molecule has 1 fully saturated rings. The Labute approximate surface area is 130 Å². The van der Waals surface area contributed by atoms with E-state index in [-0.39, 0.29) is 5.75 Å². The van der Waals surface area contributed by atoms with Crippen molar-refractivity contribution in [2.24, 2.45) is 5.92 Å². The Hall–Kier alpha value is -0.380.